The van der Waals surface area contributed by atoms with Crippen molar-refractivity contribution in [2.75, 3.05) is 0 Å². The van der Waals surface area contributed by atoms with E-state index in [2.05, 4.69) is 0 Å². The minimum Gasteiger partial charge on any atom is -0.382 e. The second kappa shape index (κ2) is 4.36. The largest absolute Gasteiger partial charge is 0.382 e. The van der Waals surface area contributed by atoms with Crippen molar-refractivity contribution in [2.24, 2.45) is 0 Å². The van der Waals surface area contributed by atoms with Gasteiger partial charge in [0, 0.05) is 12.0 Å². The van der Waals surface area contributed by atoms with Crippen LogP contribution in [0.4, 0.5) is 0 Å². The third-order valence-corrected chi connectivity index (χ3v) is 2.36. The minimum atomic E-state index is -1.56. The molecule has 15 heavy (non-hydrogen) atoms. The Labute approximate surface area is 88.7 Å². The van der Waals surface area contributed by atoms with Gasteiger partial charge in [-0.25, -0.2) is 0 Å². The number of carbonyl (C=O) groups excluding carboxylic acids is 2. The van der Waals surface area contributed by atoms with E-state index in [1.165, 1.54) is 13.8 Å². The van der Waals surface area contributed by atoms with Gasteiger partial charge in [0.1, 0.15) is 5.60 Å². The summed E-state index contributed by atoms with van der Waals surface area (Å²) in [7, 11) is 0. The molecule has 1 rings (SSSR count). The van der Waals surface area contributed by atoms with E-state index >= 15 is 0 Å². The van der Waals surface area contributed by atoms with E-state index in [-0.39, 0.29) is 12.2 Å². The highest BCUT2D eigenvalue weighted by Gasteiger charge is 2.29. The average molecular weight is 206 g/mol. The van der Waals surface area contributed by atoms with Crippen molar-refractivity contribution < 1.29 is 14.7 Å². The Hall–Kier alpha value is -1.48. The molecule has 0 radical (unpaired) electrons. The molecule has 1 aromatic carbocycles. The smallest absolute Gasteiger partial charge is 0.166 e. The lowest BCUT2D eigenvalue weighted by molar-refractivity contribution is -0.133. The Bertz CT molecular complexity index is 366. The molecule has 0 amide bonds. The molecule has 3 nitrogen and oxygen atoms in total. The van der Waals surface area contributed by atoms with Crippen molar-refractivity contribution in [3.63, 3.8) is 0 Å². The maximum atomic E-state index is 11.7. The van der Waals surface area contributed by atoms with Crippen LogP contribution in [-0.2, 0) is 4.79 Å². The topological polar surface area (TPSA) is 54.4 Å². The first-order chi connectivity index (χ1) is 6.93. The van der Waals surface area contributed by atoms with E-state index in [0.717, 1.165) is 0 Å². The quantitative estimate of drug-likeness (QED) is 0.761. The molecule has 0 heterocycles. The fourth-order valence-electron chi connectivity index (χ4n) is 1.16. The minimum absolute atomic E-state index is 0.174. The number of rotatable bonds is 4. The summed E-state index contributed by atoms with van der Waals surface area (Å²) in [6.45, 7) is 2.63. The summed E-state index contributed by atoms with van der Waals surface area (Å²) in [5, 5.41) is 9.65. The standard InChI is InChI=1S/C12H14O3/c1-9(13)12(2,15)8-11(14)10-6-4-3-5-7-10/h3-7,15H,8H2,1-2H3. The van der Waals surface area contributed by atoms with E-state index in [1.54, 1.807) is 30.3 Å². The maximum Gasteiger partial charge on any atom is 0.166 e. The molecule has 0 fully saturated rings. The van der Waals surface area contributed by atoms with Gasteiger partial charge in [-0.05, 0) is 13.8 Å². The number of aliphatic hydroxyl groups is 1. The molecule has 0 aliphatic rings. The van der Waals surface area contributed by atoms with Crippen molar-refractivity contribution in [3.05, 3.63) is 35.9 Å². The van der Waals surface area contributed by atoms with E-state index in [1.807, 2.05) is 0 Å². The SMILES string of the molecule is CC(=O)C(C)(O)CC(=O)c1ccccc1. The van der Waals surface area contributed by atoms with Crippen molar-refractivity contribution >= 4 is 11.6 Å². The van der Waals surface area contributed by atoms with Gasteiger partial charge in [-0.3, -0.25) is 9.59 Å². The molecule has 1 unspecified atom stereocenters. The van der Waals surface area contributed by atoms with Crippen molar-refractivity contribution in [2.45, 2.75) is 25.9 Å². The van der Waals surface area contributed by atoms with Gasteiger partial charge in [0.2, 0.25) is 0 Å². The van der Waals surface area contributed by atoms with Gasteiger partial charge in [0.15, 0.2) is 11.6 Å². The molecule has 1 atom stereocenters. The fourth-order valence-corrected chi connectivity index (χ4v) is 1.16. The molecular formula is C12H14O3. The summed E-state index contributed by atoms with van der Waals surface area (Å²) in [5.41, 5.74) is -1.05. The van der Waals surface area contributed by atoms with Crippen LogP contribution in [0.2, 0.25) is 0 Å². The summed E-state index contributed by atoms with van der Waals surface area (Å²) in [4.78, 5) is 22.7. The Morgan fingerprint density at radius 2 is 1.80 bits per heavy atom. The van der Waals surface area contributed by atoms with Crippen LogP contribution in [0, 0.1) is 0 Å². The van der Waals surface area contributed by atoms with Crippen molar-refractivity contribution in [1.29, 1.82) is 0 Å². The summed E-state index contributed by atoms with van der Waals surface area (Å²) in [6.07, 6.45) is -0.174. The van der Waals surface area contributed by atoms with Gasteiger partial charge >= 0.3 is 0 Å². The van der Waals surface area contributed by atoms with Crippen LogP contribution in [0.5, 0.6) is 0 Å². The Balaban J connectivity index is 2.77. The van der Waals surface area contributed by atoms with Crippen LogP contribution < -0.4 is 0 Å². The first-order valence-electron chi connectivity index (χ1n) is 4.75. The van der Waals surface area contributed by atoms with E-state index in [4.69, 9.17) is 0 Å². The molecular weight excluding hydrogens is 192 g/mol. The fraction of sp³-hybridized carbons (Fsp3) is 0.333. The molecule has 80 valence electrons. The number of hydrogen-bond acceptors (Lipinski definition) is 3. The van der Waals surface area contributed by atoms with E-state index < -0.39 is 11.4 Å². The molecule has 3 heteroatoms. The number of hydrogen-bond donors (Lipinski definition) is 1. The molecule has 0 saturated carbocycles. The molecule has 1 aromatic rings. The third kappa shape index (κ3) is 2.99. The molecule has 0 aliphatic carbocycles. The second-order valence-corrected chi connectivity index (χ2v) is 3.80. The highest BCUT2D eigenvalue weighted by molar-refractivity contribution is 6.00. The number of ketones is 2. The normalized spacial score (nSPS) is 14.3. The Kier molecular flexibility index (Phi) is 3.37. The van der Waals surface area contributed by atoms with Crippen LogP contribution in [0.1, 0.15) is 30.6 Å². The highest BCUT2D eigenvalue weighted by Crippen LogP contribution is 2.14. The maximum absolute atomic E-state index is 11.7. The van der Waals surface area contributed by atoms with Crippen LogP contribution >= 0.6 is 0 Å². The summed E-state index contributed by atoms with van der Waals surface area (Å²) in [5.74, 6) is -0.623. The van der Waals surface area contributed by atoms with Gasteiger partial charge < -0.3 is 5.11 Å². The third-order valence-electron chi connectivity index (χ3n) is 2.36. The number of Topliss-reactive ketones (excluding diaryl/α,β-unsaturated/α-hetero) is 2. The second-order valence-electron chi connectivity index (χ2n) is 3.80. The van der Waals surface area contributed by atoms with E-state index in [9.17, 15) is 14.7 Å². The zero-order valence-corrected chi connectivity index (χ0v) is 8.86. The predicted molar refractivity (Wildman–Crippen MR) is 56.7 cm³/mol. The Morgan fingerprint density at radius 3 is 2.27 bits per heavy atom. The number of carbonyl (C=O) groups is 2. The van der Waals surface area contributed by atoms with Crippen LogP contribution in [0.15, 0.2) is 30.3 Å². The lowest BCUT2D eigenvalue weighted by atomic mass is 9.92. The van der Waals surface area contributed by atoms with E-state index in [0.29, 0.717) is 5.56 Å². The van der Waals surface area contributed by atoms with Crippen LogP contribution in [0.3, 0.4) is 0 Å². The van der Waals surface area contributed by atoms with Gasteiger partial charge in [-0.15, -0.1) is 0 Å². The van der Waals surface area contributed by atoms with Crippen LogP contribution in [0.25, 0.3) is 0 Å². The predicted octanol–water partition coefficient (Wildman–Crippen LogP) is 1.60. The molecule has 0 aliphatic heterocycles. The Morgan fingerprint density at radius 1 is 1.27 bits per heavy atom. The molecule has 0 bridgehead atoms. The lowest BCUT2D eigenvalue weighted by Crippen LogP contribution is -2.35. The first kappa shape index (κ1) is 11.6. The molecule has 0 aromatic heterocycles. The first-order valence-corrected chi connectivity index (χ1v) is 4.75. The van der Waals surface area contributed by atoms with Crippen LogP contribution in [-0.4, -0.2) is 22.3 Å². The average Bonchev–Trinajstić information content (AvgIpc) is 2.18. The monoisotopic (exact) mass is 206 g/mol. The summed E-state index contributed by atoms with van der Waals surface area (Å²) in [6, 6.07) is 8.63. The molecule has 0 saturated heterocycles. The van der Waals surface area contributed by atoms with Gasteiger partial charge in [-0.1, -0.05) is 30.3 Å². The summed E-state index contributed by atoms with van der Waals surface area (Å²) >= 11 is 0. The van der Waals surface area contributed by atoms with Gasteiger partial charge in [-0.2, -0.15) is 0 Å². The molecule has 0 spiro atoms. The van der Waals surface area contributed by atoms with Crippen molar-refractivity contribution in [1.82, 2.24) is 0 Å². The highest BCUT2D eigenvalue weighted by atomic mass is 16.3. The lowest BCUT2D eigenvalue weighted by Gasteiger charge is -2.18. The van der Waals surface area contributed by atoms with Gasteiger partial charge in [0.25, 0.3) is 0 Å². The zero-order valence-electron chi connectivity index (χ0n) is 8.86. The van der Waals surface area contributed by atoms with Gasteiger partial charge in [0.05, 0.1) is 0 Å². The molecule has 1 N–H and O–H groups in total. The zero-order chi connectivity index (χ0) is 11.5. The summed E-state index contributed by atoms with van der Waals surface area (Å²) < 4.78 is 0. The number of benzene rings is 1. The van der Waals surface area contributed by atoms with Crippen molar-refractivity contribution in [3.8, 4) is 0 Å².